The average molecular weight is 239 g/mol. The van der Waals surface area contributed by atoms with Crippen molar-refractivity contribution in [1.29, 1.82) is 5.26 Å². The van der Waals surface area contributed by atoms with E-state index >= 15 is 0 Å². The number of hydrogen-bond donors (Lipinski definition) is 1. The molecule has 5 nitrogen and oxygen atoms in total. The fourth-order valence-corrected chi connectivity index (χ4v) is 1.30. The molecule has 96 valence electrons. The highest BCUT2D eigenvalue weighted by molar-refractivity contribution is 5.90. The summed E-state index contributed by atoms with van der Waals surface area (Å²) in [5.74, 6) is -0.551. The highest BCUT2D eigenvalue weighted by atomic mass is 16.2. The van der Waals surface area contributed by atoms with Crippen LogP contribution in [0.25, 0.3) is 0 Å². The fourth-order valence-electron chi connectivity index (χ4n) is 1.30. The number of hydrogen-bond acceptors (Lipinski definition) is 3. The van der Waals surface area contributed by atoms with Gasteiger partial charge in [-0.05, 0) is 34.6 Å². The van der Waals surface area contributed by atoms with Crippen LogP contribution in [0.2, 0.25) is 0 Å². The summed E-state index contributed by atoms with van der Waals surface area (Å²) in [6.45, 7) is 9.67. The van der Waals surface area contributed by atoms with Crippen LogP contribution in [0.3, 0.4) is 0 Å². The van der Waals surface area contributed by atoms with Crippen LogP contribution in [-0.4, -0.2) is 35.8 Å². The van der Waals surface area contributed by atoms with E-state index in [-0.39, 0.29) is 5.91 Å². The van der Waals surface area contributed by atoms with E-state index in [2.05, 4.69) is 5.32 Å². The molecular formula is C12H21N3O2. The molecule has 1 unspecified atom stereocenters. The van der Waals surface area contributed by atoms with Gasteiger partial charge in [0.15, 0.2) is 0 Å². The monoisotopic (exact) mass is 239 g/mol. The molecule has 0 rings (SSSR count). The van der Waals surface area contributed by atoms with Crippen molar-refractivity contribution in [3.63, 3.8) is 0 Å². The molecule has 0 bridgehead atoms. The van der Waals surface area contributed by atoms with Crippen LogP contribution in [0.5, 0.6) is 0 Å². The van der Waals surface area contributed by atoms with Crippen LogP contribution in [0.15, 0.2) is 0 Å². The van der Waals surface area contributed by atoms with Gasteiger partial charge in [-0.15, -0.1) is 0 Å². The number of rotatable bonds is 5. The lowest BCUT2D eigenvalue weighted by Gasteiger charge is -2.25. The summed E-state index contributed by atoms with van der Waals surface area (Å²) in [6.07, 6.45) is 0. The van der Waals surface area contributed by atoms with Crippen molar-refractivity contribution in [1.82, 2.24) is 10.2 Å². The first-order valence-corrected chi connectivity index (χ1v) is 5.81. The molecule has 0 spiro atoms. The Morgan fingerprint density at radius 3 is 2.18 bits per heavy atom. The third-order valence-corrected chi connectivity index (χ3v) is 2.64. The quantitative estimate of drug-likeness (QED) is 0.775. The van der Waals surface area contributed by atoms with Gasteiger partial charge in [0.25, 0.3) is 0 Å². The van der Waals surface area contributed by atoms with Gasteiger partial charge in [0.2, 0.25) is 11.8 Å². The van der Waals surface area contributed by atoms with Crippen LogP contribution in [0, 0.1) is 16.7 Å². The lowest BCUT2D eigenvalue weighted by Crippen LogP contribution is -2.49. The van der Waals surface area contributed by atoms with Crippen LogP contribution < -0.4 is 5.32 Å². The molecule has 5 heteroatoms. The summed E-state index contributed by atoms with van der Waals surface area (Å²) in [5.41, 5.74) is -1.11. The average Bonchev–Trinajstić information content (AvgIpc) is 2.30. The Labute approximate surface area is 103 Å². The summed E-state index contributed by atoms with van der Waals surface area (Å²) in [5, 5.41) is 11.4. The Bertz CT molecular complexity index is 327. The van der Waals surface area contributed by atoms with Gasteiger partial charge in [-0.25, -0.2) is 0 Å². The number of likely N-dealkylation sites (N-methyl/N-ethyl adjacent to an activating group) is 1. The molecule has 0 aliphatic carbocycles. The first-order chi connectivity index (χ1) is 7.80. The van der Waals surface area contributed by atoms with E-state index in [1.54, 1.807) is 11.8 Å². The van der Waals surface area contributed by atoms with Gasteiger partial charge in [-0.3, -0.25) is 9.59 Å². The third kappa shape index (κ3) is 4.06. The predicted octanol–water partition coefficient (Wildman–Crippen LogP) is 0.909. The molecule has 0 aromatic rings. The second kappa shape index (κ2) is 6.24. The Morgan fingerprint density at radius 1 is 1.35 bits per heavy atom. The van der Waals surface area contributed by atoms with Gasteiger partial charge in [-0.1, -0.05) is 0 Å². The molecule has 0 fully saturated rings. The topological polar surface area (TPSA) is 73.2 Å². The smallest absolute Gasteiger partial charge is 0.244 e. The molecule has 1 atom stereocenters. The van der Waals surface area contributed by atoms with Crippen LogP contribution >= 0.6 is 0 Å². The molecule has 0 aromatic carbocycles. The van der Waals surface area contributed by atoms with Crippen molar-refractivity contribution in [3.8, 4) is 6.07 Å². The molecule has 2 amide bonds. The van der Waals surface area contributed by atoms with Crippen LogP contribution in [-0.2, 0) is 9.59 Å². The standard InChI is InChI=1S/C12H21N3O2/c1-6-15(7-2)10(16)9(3)14-11(17)12(4,5)8-13/h9H,6-7H2,1-5H3,(H,14,17). The van der Waals surface area contributed by atoms with Crippen molar-refractivity contribution in [2.24, 2.45) is 5.41 Å². The molecule has 17 heavy (non-hydrogen) atoms. The van der Waals surface area contributed by atoms with E-state index in [9.17, 15) is 9.59 Å². The Morgan fingerprint density at radius 2 is 1.82 bits per heavy atom. The van der Waals surface area contributed by atoms with E-state index in [4.69, 9.17) is 5.26 Å². The molecule has 0 heterocycles. The van der Waals surface area contributed by atoms with Gasteiger partial charge in [-0.2, -0.15) is 5.26 Å². The van der Waals surface area contributed by atoms with Gasteiger partial charge < -0.3 is 10.2 Å². The minimum absolute atomic E-state index is 0.128. The Hall–Kier alpha value is -1.57. The minimum Gasteiger partial charge on any atom is -0.343 e. The van der Waals surface area contributed by atoms with E-state index < -0.39 is 17.4 Å². The number of amides is 2. The Kier molecular flexibility index (Phi) is 5.66. The molecule has 0 aliphatic heterocycles. The largest absolute Gasteiger partial charge is 0.343 e. The number of nitriles is 1. The SMILES string of the molecule is CCN(CC)C(=O)C(C)NC(=O)C(C)(C)C#N. The van der Waals surface area contributed by atoms with Crippen molar-refractivity contribution in [2.45, 2.75) is 40.7 Å². The number of nitrogens with one attached hydrogen (secondary N) is 1. The van der Waals surface area contributed by atoms with Crippen molar-refractivity contribution in [3.05, 3.63) is 0 Å². The Balaban J connectivity index is 4.56. The van der Waals surface area contributed by atoms with Crippen molar-refractivity contribution in [2.75, 3.05) is 13.1 Å². The van der Waals surface area contributed by atoms with E-state index in [0.717, 1.165) is 0 Å². The zero-order chi connectivity index (χ0) is 13.6. The van der Waals surface area contributed by atoms with Gasteiger partial charge >= 0.3 is 0 Å². The van der Waals surface area contributed by atoms with Gasteiger partial charge in [0.1, 0.15) is 11.5 Å². The summed E-state index contributed by atoms with van der Waals surface area (Å²) < 4.78 is 0. The summed E-state index contributed by atoms with van der Waals surface area (Å²) in [6, 6.07) is 1.30. The highest BCUT2D eigenvalue weighted by Crippen LogP contribution is 2.13. The molecule has 0 saturated heterocycles. The van der Waals surface area contributed by atoms with E-state index in [0.29, 0.717) is 13.1 Å². The van der Waals surface area contributed by atoms with Crippen LogP contribution in [0.1, 0.15) is 34.6 Å². The van der Waals surface area contributed by atoms with E-state index in [1.807, 2.05) is 19.9 Å². The van der Waals surface area contributed by atoms with Crippen LogP contribution in [0.4, 0.5) is 0 Å². The molecule has 1 N–H and O–H groups in total. The zero-order valence-corrected chi connectivity index (χ0v) is 11.2. The number of carbonyl (C=O) groups is 2. The van der Waals surface area contributed by atoms with Crippen molar-refractivity contribution >= 4 is 11.8 Å². The third-order valence-electron chi connectivity index (χ3n) is 2.64. The normalized spacial score (nSPS) is 12.5. The molecule has 0 aliphatic rings. The maximum absolute atomic E-state index is 11.9. The summed E-state index contributed by atoms with van der Waals surface area (Å²) >= 11 is 0. The fraction of sp³-hybridized carbons (Fsp3) is 0.750. The molecule has 0 aromatic heterocycles. The van der Waals surface area contributed by atoms with Gasteiger partial charge in [0, 0.05) is 13.1 Å². The molecule has 0 saturated carbocycles. The maximum Gasteiger partial charge on any atom is 0.244 e. The minimum atomic E-state index is -1.11. The maximum atomic E-state index is 11.9. The second-order valence-electron chi connectivity index (χ2n) is 4.44. The predicted molar refractivity (Wildman–Crippen MR) is 64.9 cm³/mol. The number of nitrogens with zero attached hydrogens (tertiary/aromatic N) is 2. The van der Waals surface area contributed by atoms with Gasteiger partial charge in [0.05, 0.1) is 6.07 Å². The first kappa shape index (κ1) is 15.4. The first-order valence-electron chi connectivity index (χ1n) is 5.81. The number of carbonyl (C=O) groups excluding carboxylic acids is 2. The zero-order valence-electron chi connectivity index (χ0n) is 11.2. The molecular weight excluding hydrogens is 218 g/mol. The lowest BCUT2D eigenvalue weighted by atomic mass is 9.94. The molecule has 0 radical (unpaired) electrons. The van der Waals surface area contributed by atoms with E-state index in [1.165, 1.54) is 13.8 Å². The second-order valence-corrected chi connectivity index (χ2v) is 4.44. The van der Waals surface area contributed by atoms with Crippen molar-refractivity contribution < 1.29 is 9.59 Å². The summed E-state index contributed by atoms with van der Waals surface area (Å²) in [4.78, 5) is 25.2. The summed E-state index contributed by atoms with van der Waals surface area (Å²) in [7, 11) is 0. The lowest BCUT2D eigenvalue weighted by molar-refractivity contribution is -0.137. The highest BCUT2D eigenvalue weighted by Gasteiger charge is 2.30.